The van der Waals surface area contributed by atoms with Crippen molar-refractivity contribution in [2.24, 2.45) is 0 Å². The second-order valence-electron chi connectivity index (χ2n) is 6.41. The maximum absolute atomic E-state index is 12.0. The SMILES string of the molecule is CC[C@@H](C)NC(=O)NC(=O)C[NH+](C)Cc1ccc(-c2ccc(Br)cc2)o1. The standard InChI is InChI=1S/C19H24BrN3O3/c1-4-13(2)21-19(25)22-18(24)12-23(3)11-16-9-10-17(26-16)14-5-7-15(20)8-6-14/h5-10,13H,4,11-12H2,1-3H3,(H2,21,22,24,25)/p+1/t13-/m1/s1. The van der Waals surface area contributed by atoms with E-state index in [2.05, 4.69) is 26.6 Å². The van der Waals surface area contributed by atoms with Crippen LogP contribution in [0.1, 0.15) is 26.0 Å². The van der Waals surface area contributed by atoms with Gasteiger partial charge in [-0.15, -0.1) is 0 Å². The van der Waals surface area contributed by atoms with Crippen LogP contribution in [0.25, 0.3) is 11.3 Å². The van der Waals surface area contributed by atoms with Crippen molar-refractivity contribution in [2.45, 2.75) is 32.9 Å². The number of imide groups is 1. The van der Waals surface area contributed by atoms with Crippen LogP contribution >= 0.6 is 15.9 Å². The normalized spacial score (nSPS) is 13.1. The predicted molar refractivity (Wildman–Crippen MR) is 104 cm³/mol. The minimum atomic E-state index is -0.451. The van der Waals surface area contributed by atoms with Crippen LogP contribution in [0.3, 0.4) is 0 Å². The van der Waals surface area contributed by atoms with Crippen molar-refractivity contribution in [3.63, 3.8) is 0 Å². The van der Waals surface area contributed by atoms with Gasteiger partial charge >= 0.3 is 6.03 Å². The number of carbonyl (C=O) groups excluding carboxylic acids is 2. The number of halogens is 1. The maximum Gasteiger partial charge on any atom is 0.321 e. The summed E-state index contributed by atoms with van der Waals surface area (Å²) in [5, 5.41) is 5.06. The average Bonchev–Trinajstić information content (AvgIpc) is 3.03. The van der Waals surface area contributed by atoms with Crippen molar-refractivity contribution >= 4 is 27.9 Å². The van der Waals surface area contributed by atoms with Gasteiger partial charge in [0.25, 0.3) is 5.91 Å². The molecule has 2 atom stereocenters. The summed E-state index contributed by atoms with van der Waals surface area (Å²) in [5.41, 5.74) is 0.997. The molecule has 0 saturated carbocycles. The first kappa shape index (κ1) is 20.2. The van der Waals surface area contributed by atoms with Crippen molar-refractivity contribution in [1.82, 2.24) is 10.6 Å². The fourth-order valence-electron chi connectivity index (χ4n) is 2.41. The number of furan rings is 1. The Bertz CT molecular complexity index is 743. The van der Waals surface area contributed by atoms with Gasteiger partial charge in [0, 0.05) is 16.1 Å². The van der Waals surface area contributed by atoms with Crippen molar-refractivity contribution in [3.05, 3.63) is 46.6 Å². The van der Waals surface area contributed by atoms with Gasteiger partial charge in [0.2, 0.25) is 0 Å². The Kier molecular flexibility index (Phi) is 7.41. The van der Waals surface area contributed by atoms with E-state index >= 15 is 0 Å². The number of hydrogen-bond donors (Lipinski definition) is 3. The van der Waals surface area contributed by atoms with Gasteiger partial charge in [-0.25, -0.2) is 4.79 Å². The zero-order chi connectivity index (χ0) is 19.1. The molecule has 0 spiro atoms. The van der Waals surface area contributed by atoms with Crippen LogP contribution in [-0.2, 0) is 11.3 Å². The second-order valence-corrected chi connectivity index (χ2v) is 7.33. The largest absolute Gasteiger partial charge is 0.455 e. The molecule has 3 amide bonds. The third-order valence-electron chi connectivity index (χ3n) is 3.97. The van der Waals surface area contributed by atoms with Crippen LogP contribution in [0.15, 0.2) is 45.3 Å². The highest BCUT2D eigenvalue weighted by molar-refractivity contribution is 9.10. The van der Waals surface area contributed by atoms with Crippen molar-refractivity contribution < 1.29 is 18.9 Å². The molecule has 1 aromatic carbocycles. The molecular weight excluding hydrogens is 398 g/mol. The van der Waals surface area contributed by atoms with E-state index in [4.69, 9.17) is 4.42 Å². The first-order valence-electron chi connectivity index (χ1n) is 8.63. The summed E-state index contributed by atoms with van der Waals surface area (Å²) in [7, 11) is 1.88. The summed E-state index contributed by atoms with van der Waals surface area (Å²) < 4.78 is 6.88. The first-order valence-corrected chi connectivity index (χ1v) is 9.43. The molecule has 1 unspecified atom stereocenters. The van der Waals surface area contributed by atoms with E-state index in [1.54, 1.807) is 0 Å². The lowest BCUT2D eigenvalue weighted by Crippen LogP contribution is -3.09. The Morgan fingerprint density at radius 3 is 2.54 bits per heavy atom. The summed E-state index contributed by atoms with van der Waals surface area (Å²) in [6, 6.07) is 11.3. The third kappa shape index (κ3) is 6.31. The Balaban J connectivity index is 1.84. The van der Waals surface area contributed by atoms with Gasteiger partial charge in [-0.3, -0.25) is 10.1 Å². The molecule has 6 nitrogen and oxygen atoms in total. The molecular formula is C19H25BrN3O3+. The molecule has 1 aromatic heterocycles. The minimum Gasteiger partial charge on any atom is -0.455 e. The number of hydrogen-bond acceptors (Lipinski definition) is 3. The van der Waals surface area contributed by atoms with Gasteiger partial charge in [-0.1, -0.05) is 35.0 Å². The first-order chi connectivity index (χ1) is 12.4. The smallest absolute Gasteiger partial charge is 0.321 e. The van der Waals surface area contributed by atoms with Crippen molar-refractivity contribution in [2.75, 3.05) is 13.6 Å². The third-order valence-corrected chi connectivity index (χ3v) is 4.50. The molecule has 0 bridgehead atoms. The van der Waals surface area contributed by atoms with Crippen LogP contribution in [0.4, 0.5) is 4.79 Å². The van der Waals surface area contributed by atoms with Gasteiger partial charge in [0.15, 0.2) is 12.3 Å². The molecule has 0 saturated heterocycles. The van der Waals surface area contributed by atoms with Gasteiger partial charge < -0.3 is 14.6 Å². The molecule has 3 N–H and O–H groups in total. The molecule has 0 fully saturated rings. The van der Waals surface area contributed by atoms with Gasteiger partial charge in [-0.05, 0) is 37.6 Å². The zero-order valence-electron chi connectivity index (χ0n) is 15.3. The minimum absolute atomic E-state index is 0.0352. The quantitative estimate of drug-likeness (QED) is 0.640. The summed E-state index contributed by atoms with van der Waals surface area (Å²) in [5.74, 6) is 1.26. The number of rotatable bonds is 7. The number of benzene rings is 1. The number of likely N-dealkylation sites (N-methyl/N-ethyl adjacent to an activating group) is 1. The summed E-state index contributed by atoms with van der Waals surface area (Å²) in [6.45, 7) is 4.59. The predicted octanol–water partition coefficient (Wildman–Crippen LogP) is 2.35. The maximum atomic E-state index is 12.0. The fourth-order valence-corrected chi connectivity index (χ4v) is 2.67. The van der Waals surface area contributed by atoms with E-state index in [0.717, 1.165) is 32.9 Å². The van der Waals surface area contributed by atoms with E-state index < -0.39 is 6.03 Å². The highest BCUT2D eigenvalue weighted by Crippen LogP contribution is 2.23. The second kappa shape index (κ2) is 9.54. The Hall–Kier alpha value is -2.12. The lowest BCUT2D eigenvalue weighted by molar-refractivity contribution is -0.886. The Morgan fingerprint density at radius 2 is 1.88 bits per heavy atom. The monoisotopic (exact) mass is 422 g/mol. The van der Waals surface area contributed by atoms with Gasteiger partial charge in [-0.2, -0.15) is 0 Å². The van der Waals surface area contributed by atoms with Gasteiger partial charge in [0.1, 0.15) is 12.3 Å². The molecule has 7 heteroatoms. The lowest BCUT2D eigenvalue weighted by Gasteiger charge is -2.14. The molecule has 140 valence electrons. The van der Waals surface area contributed by atoms with E-state index in [1.165, 1.54) is 0 Å². The van der Waals surface area contributed by atoms with Crippen molar-refractivity contribution in [1.29, 1.82) is 0 Å². The highest BCUT2D eigenvalue weighted by atomic mass is 79.9. The van der Waals surface area contributed by atoms with Crippen LogP contribution in [0.5, 0.6) is 0 Å². The molecule has 0 aliphatic carbocycles. The van der Waals surface area contributed by atoms with Crippen LogP contribution in [0.2, 0.25) is 0 Å². The fraction of sp³-hybridized carbons (Fsp3) is 0.368. The van der Waals surface area contributed by atoms with Crippen LogP contribution < -0.4 is 15.5 Å². The molecule has 1 heterocycles. The molecule has 2 rings (SSSR count). The molecule has 0 aliphatic rings. The van der Waals surface area contributed by atoms with E-state index in [9.17, 15) is 9.59 Å². The number of urea groups is 1. The average molecular weight is 423 g/mol. The lowest BCUT2D eigenvalue weighted by atomic mass is 10.2. The number of amides is 3. The number of nitrogens with one attached hydrogen (secondary N) is 3. The van der Waals surface area contributed by atoms with E-state index in [1.807, 2.05) is 57.3 Å². The van der Waals surface area contributed by atoms with E-state index in [0.29, 0.717) is 6.54 Å². The van der Waals surface area contributed by atoms with Gasteiger partial charge in [0.05, 0.1) is 7.05 Å². The summed E-state index contributed by atoms with van der Waals surface area (Å²) in [6.07, 6.45) is 0.811. The Labute approximate surface area is 162 Å². The van der Waals surface area contributed by atoms with Crippen LogP contribution in [-0.4, -0.2) is 31.6 Å². The van der Waals surface area contributed by atoms with Crippen molar-refractivity contribution in [3.8, 4) is 11.3 Å². The summed E-state index contributed by atoms with van der Waals surface area (Å²) in [4.78, 5) is 24.6. The topological polar surface area (TPSA) is 75.8 Å². The summed E-state index contributed by atoms with van der Waals surface area (Å²) >= 11 is 3.41. The Morgan fingerprint density at radius 1 is 1.19 bits per heavy atom. The molecule has 0 radical (unpaired) electrons. The molecule has 26 heavy (non-hydrogen) atoms. The number of carbonyl (C=O) groups is 2. The van der Waals surface area contributed by atoms with Crippen LogP contribution in [0, 0.1) is 0 Å². The number of quaternary nitrogens is 1. The molecule has 0 aliphatic heterocycles. The van der Waals surface area contributed by atoms with E-state index in [-0.39, 0.29) is 18.5 Å². The molecule has 2 aromatic rings. The zero-order valence-corrected chi connectivity index (χ0v) is 16.9. The highest BCUT2D eigenvalue weighted by Gasteiger charge is 2.16.